The van der Waals surface area contributed by atoms with Gasteiger partial charge >= 0.3 is 0 Å². The lowest BCUT2D eigenvalue weighted by Gasteiger charge is -2.10. The van der Waals surface area contributed by atoms with E-state index in [1.807, 2.05) is 19.2 Å². The van der Waals surface area contributed by atoms with Crippen molar-refractivity contribution >= 4 is 0 Å². The van der Waals surface area contributed by atoms with Crippen molar-refractivity contribution in [3.8, 4) is 11.3 Å². The number of nitrogens with zero attached hydrogens (tertiary/aromatic N) is 1. The first-order valence-corrected chi connectivity index (χ1v) is 4.97. The van der Waals surface area contributed by atoms with Crippen LogP contribution in [-0.2, 0) is 0 Å². The highest BCUT2D eigenvalue weighted by molar-refractivity contribution is 5.57. The van der Waals surface area contributed by atoms with Crippen molar-refractivity contribution in [1.29, 1.82) is 0 Å². The van der Waals surface area contributed by atoms with Crippen LogP contribution in [0.4, 0.5) is 0 Å². The molecule has 0 fully saturated rings. The van der Waals surface area contributed by atoms with Crippen LogP contribution in [0, 0.1) is 0 Å². The Kier molecular flexibility index (Phi) is 2.83. The molecule has 1 atom stereocenters. The average molecular weight is 202 g/mol. The van der Waals surface area contributed by atoms with Crippen molar-refractivity contribution < 1.29 is 4.42 Å². The molecule has 0 bridgehead atoms. The van der Waals surface area contributed by atoms with Crippen LogP contribution >= 0.6 is 0 Å². The summed E-state index contributed by atoms with van der Waals surface area (Å²) in [5.41, 5.74) is 2.30. The van der Waals surface area contributed by atoms with E-state index >= 15 is 0 Å². The first kappa shape index (κ1) is 9.93. The summed E-state index contributed by atoms with van der Waals surface area (Å²) in [5, 5.41) is 3.21. The molecule has 0 radical (unpaired) electrons. The predicted octanol–water partition coefficient (Wildman–Crippen LogP) is 2.62. The lowest BCUT2D eigenvalue weighted by Crippen LogP contribution is -2.11. The molecule has 2 aromatic rings. The minimum absolute atomic E-state index is 0.341. The Hall–Kier alpha value is -1.61. The molecule has 3 nitrogen and oxygen atoms in total. The highest BCUT2D eigenvalue weighted by Gasteiger charge is 2.05. The quantitative estimate of drug-likeness (QED) is 0.831. The van der Waals surface area contributed by atoms with Crippen molar-refractivity contribution in [2.24, 2.45) is 0 Å². The summed E-state index contributed by atoms with van der Waals surface area (Å²) >= 11 is 0. The second kappa shape index (κ2) is 4.28. The molecule has 0 saturated carbocycles. The summed E-state index contributed by atoms with van der Waals surface area (Å²) in [6.45, 7) is 2.12. The molecule has 3 heteroatoms. The molecule has 0 amide bonds. The molecule has 1 N–H and O–H groups in total. The standard InChI is InChI=1S/C12H14N2O/c1-9(13-2)10-4-3-5-11(6-10)12-7-14-8-15-12/h3-9,13H,1-2H3. The molecule has 78 valence electrons. The summed E-state index contributed by atoms with van der Waals surface area (Å²) in [6, 6.07) is 8.60. The number of rotatable bonds is 3. The molecule has 0 aliphatic heterocycles. The van der Waals surface area contributed by atoms with Gasteiger partial charge in [0, 0.05) is 11.6 Å². The van der Waals surface area contributed by atoms with Gasteiger partial charge in [-0.2, -0.15) is 0 Å². The zero-order valence-corrected chi connectivity index (χ0v) is 8.90. The van der Waals surface area contributed by atoms with Crippen LogP contribution in [0.1, 0.15) is 18.5 Å². The van der Waals surface area contributed by atoms with E-state index in [0.29, 0.717) is 6.04 Å². The van der Waals surface area contributed by atoms with Crippen LogP contribution in [-0.4, -0.2) is 12.0 Å². The fourth-order valence-electron chi connectivity index (χ4n) is 1.49. The van der Waals surface area contributed by atoms with Gasteiger partial charge in [0.25, 0.3) is 0 Å². The zero-order valence-electron chi connectivity index (χ0n) is 8.90. The van der Waals surface area contributed by atoms with Crippen LogP contribution in [0.2, 0.25) is 0 Å². The van der Waals surface area contributed by atoms with Gasteiger partial charge in [-0.05, 0) is 25.6 Å². The molecule has 1 aromatic carbocycles. The molecular formula is C12H14N2O. The first-order chi connectivity index (χ1) is 7.31. The molecule has 2 rings (SSSR count). The third kappa shape index (κ3) is 2.07. The van der Waals surface area contributed by atoms with E-state index in [-0.39, 0.29) is 0 Å². The number of hydrogen-bond acceptors (Lipinski definition) is 3. The number of oxazole rings is 1. The maximum atomic E-state index is 5.26. The van der Waals surface area contributed by atoms with Crippen molar-refractivity contribution in [3.63, 3.8) is 0 Å². The van der Waals surface area contributed by atoms with Gasteiger partial charge < -0.3 is 9.73 Å². The minimum atomic E-state index is 0.341. The van der Waals surface area contributed by atoms with Crippen molar-refractivity contribution in [2.75, 3.05) is 7.05 Å². The second-order valence-electron chi connectivity index (χ2n) is 3.50. The molecule has 0 spiro atoms. The van der Waals surface area contributed by atoms with E-state index in [9.17, 15) is 0 Å². The van der Waals surface area contributed by atoms with Crippen LogP contribution in [0.5, 0.6) is 0 Å². The van der Waals surface area contributed by atoms with Crippen LogP contribution in [0.15, 0.2) is 41.3 Å². The van der Waals surface area contributed by atoms with Crippen molar-refractivity contribution in [1.82, 2.24) is 10.3 Å². The van der Waals surface area contributed by atoms with Gasteiger partial charge in [0.1, 0.15) is 0 Å². The molecular weight excluding hydrogens is 188 g/mol. The van der Waals surface area contributed by atoms with Crippen LogP contribution < -0.4 is 5.32 Å². The highest BCUT2D eigenvalue weighted by Crippen LogP contribution is 2.22. The molecule has 0 aliphatic rings. The van der Waals surface area contributed by atoms with Gasteiger partial charge in [0.2, 0.25) is 0 Å². The second-order valence-corrected chi connectivity index (χ2v) is 3.50. The number of benzene rings is 1. The Morgan fingerprint density at radius 1 is 1.40 bits per heavy atom. The van der Waals surface area contributed by atoms with E-state index in [2.05, 4.69) is 29.4 Å². The fourth-order valence-corrected chi connectivity index (χ4v) is 1.49. The average Bonchev–Trinajstić information content (AvgIpc) is 2.82. The third-order valence-electron chi connectivity index (χ3n) is 2.54. The monoisotopic (exact) mass is 202 g/mol. The van der Waals surface area contributed by atoms with Gasteiger partial charge in [-0.3, -0.25) is 0 Å². The summed E-state index contributed by atoms with van der Waals surface area (Å²) in [4.78, 5) is 3.91. The van der Waals surface area contributed by atoms with Gasteiger partial charge in [-0.1, -0.05) is 18.2 Å². The topological polar surface area (TPSA) is 38.1 Å². The van der Waals surface area contributed by atoms with E-state index in [4.69, 9.17) is 4.42 Å². The Morgan fingerprint density at radius 2 is 2.27 bits per heavy atom. The van der Waals surface area contributed by atoms with E-state index in [0.717, 1.165) is 11.3 Å². The van der Waals surface area contributed by atoms with E-state index in [1.54, 1.807) is 6.20 Å². The molecule has 1 heterocycles. The van der Waals surface area contributed by atoms with E-state index in [1.165, 1.54) is 12.0 Å². The lowest BCUT2D eigenvalue weighted by atomic mass is 10.0. The Balaban J connectivity index is 2.35. The zero-order chi connectivity index (χ0) is 10.7. The Morgan fingerprint density at radius 3 is 2.93 bits per heavy atom. The summed E-state index contributed by atoms with van der Waals surface area (Å²) in [5.74, 6) is 0.806. The van der Waals surface area contributed by atoms with Gasteiger partial charge in [-0.25, -0.2) is 4.98 Å². The Bertz CT molecular complexity index is 423. The smallest absolute Gasteiger partial charge is 0.181 e. The maximum absolute atomic E-state index is 5.26. The molecule has 1 aromatic heterocycles. The third-order valence-corrected chi connectivity index (χ3v) is 2.54. The highest BCUT2D eigenvalue weighted by atomic mass is 16.3. The first-order valence-electron chi connectivity index (χ1n) is 4.97. The fraction of sp³-hybridized carbons (Fsp3) is 0.250. The Labute approximate surface area is 89.1 Å². The number of nitrogens with one attached hydrogen (secondary N) is 1. The van der Waals surface area contributed by atoms with Gasteiger partial charge in [0.05, 0.1) is 6.20 Å². The van der Waals surface area contributed by atoms with Crippen molar-refractivity contribution in [3.05, 3.63) is 42.4 Å². The molecule has 0 aliphatic carbocycles. The summed E-state index contributed by atoms with van der Waals surface area (Å²) in [6.07, 6.45) is 3.17. The molecule has 1 unspecified atom stereocenters. The normalized spacial score (nSPS) is 12.7. The van der Waals surface area contributed by atoms with Gasteiger partial charge in [-0.15, -0.1) is 0 Å². The maximum Gasteiger partial charge on any atom is 0.181 e. The van der Waals surface area contributed by atoms with Crippen molar-refractivity contribution in [2.45, 2.75) is 13.0 Å². The lowest BCUT2D eigenvalue weighted by molar-refractivity contribution is 0.571. The molecule has 15 heavy (non-hydrogen) atoms. The largest absolute Gasteiger partial charge is 0.444 e. The van der Waals surface area contributed by atoms with Crippen LogP contribution in [0.25, 0.3) is 11.3 Å². The number of aromatic nitrogens is 1. The van der Waals surface area contributed by atoms with Gasteiger partial charge in [0.15, 0.2) is 12.2 Å². The molecule has 0 saturated heterocycles. The summed E-state index contributed by atoms with van der Waals surface area (Å²) in [7, 11) is 1.95. The van der Waals surface area contributed by atoms with E-state index < -0.39 is 0 Å². The minimum Gasteiger partial charge on any atom is -0.444 e. The SMILES string of the molecule is CNC(C)c1cccc(-c2cnco2)c1. The van der Waals surface area contributed by atoms with Crippen LogP contribution in [0.3, 0.4) is 0 Å². The summed E-state index contributed by atoms with van der Waals surface area (Å²) < 4.78 is 5.26. The number of hydrogen-bond donors (Lipinski definition) is 1. The predicted molar refractivity (Wildman–Crippen MR) is 59.4 cm³/mol.